The summed E-state index contributed by atoms with van der Waals surface area (Å²) in [6.07, 6.45) is 2.15. The molecule has 94 valence electrons. The lowest BCUT2D eigenvalue weighted by molar-refractivity contribution is 0.414. The van der Waals surface area contributed by atoms with Gasteiger partial charge in [0.2, 0.25) is 0 Å². The molecule has 0 bridgehead atoms. The largest absolute Gasteiger partial charge is 0.497 e. The van der Waals surface area contributed by atoms with Gasteiger partial charge in [0.25, 0.3) is 0 Å². The van der Waals surface area contributed by atoms with E-state index >= 15 is 0 Å². The van der Waals surface area contributed by atoms with Crippen LogP contribution in [-0.4, -0.2) is 13.7 Å². The normalized spacial score (nSPS) is 12.2. The Morgan fingerprint density at radius 3 is 2.47 bits per heavy atom. The number of hydrogen-bond acceptors (Lipinski definition) is 2. The van der Waals surface area contributed by atoms with E-state index in [0.29, 0.717) is 6.04 Å². The van der Waals surface area contributed by atoms with Crippen molar-refractivity contribution in [2.75, 3.05) is 13.7 Å². The Bertz CT molecular complexity index is 342. The summed E-state index contributed by atoms with van der Waals surface area (Å²) in [7, 11) is 1.69. The molecular weight excluding hydrogens is 210 g/mol. The second-order valence-corrected chi connectivity index (χ2v) is 4.38. The number of allylic oxidation sites excluding steroid dienone is 1. The first kappa shape index (κ1) is 13.8. The van der Waals surface area contributed by atoms with E-state index in [4.69, 9.17) is 4.74 Å². The minimum Gasteiger partial charge on any atom is -0.497 e. The molecule has 0 aliphatic heterocycles. The van der Waals surface area contributed by atoms with Crippen LogP contribution in [0.1, 0.15) is 38.3 Å². The number of rotatable bonds is 7. The molecule has 1 unspecified atom stereocenters. The van der Waals surface area contributed by atoms with Crippen molar-refractivity contribution in [3.05, 3.63) is 42.0 Å². The van der Waals surface area contributed by atoms with E-state index in [1.807, 2.05) is 12.1 Å². The monoisotopic (exact) mass is 233 g/mol. The topological polar surface area (TPSA) is 21.3 Å². The van der Waals surface area contributed by atoms with E-state index < -0.39 is 0 Å². The number of ether oxygens (including phenoxy) is 1. The molecule has 0 amide bonds. The van der Waals surface area contributed by atoms with Crippen LogP contribution in [-0.2, 0) is 0 Å². The lowest BCUT2D eigenvalue weighted by Gasteiger charge is -2.18. The van der Waals surface area contributed by atoms with Crippen LogP contribution < -0.4 is 10.1 Å². The molecule has 0 saturated carbocycles. The molecule has 0 saturated heterocycles. The summed E-state index contributed by atoms with van der Waals surface area (Å²) in [4.78, 5) is 0. The minimum absolute atomic E-state index is 0.405. The Morgan fingerprint density at radius 1 is 1.35 bits per heavy atom. The van der Waals surface area contributed by atoms with Crippen LogP contribution >= 0.6 is 0 Å². The van der Waals surface area contributed by atoms with Crippen molar-refractivity contribution in [2.45, 2.75) is 32.7 Å². The molecule has 0 radical (unpaired) electrons. The highest BCUT2D eigenvalue weighted by Gasteiger charge is 2.09. The summed E-state index contributed by atoms with van der Waals surface area (Å²) in [5, 5.41) is 3.51. The number of hydrogen-bond donors (Lipinski definition) is 1. The highest BCUT2D eigenvalue weighted by atomic mass is 16.5. The minimum atomic E-state index is 0.405. The van der Waals surface area contributed by atoms with Gasteiger partial charge in [-0.3, -0.25) is 0 Å². The Labute approximate surface area is 105 Å². The average molecular weight is 233 g/mol. The fraction of sp³-hybridized carbons (Fsp3) is 0.467. The standard InChI is InChI=1S/C15H23NO/c1-5-16-15(11-6-12(2)3)13-7-9-14(17-4)10-8-13/h7-10,15-16H,2,5-6,11H2,1,3-4H3. The lowest BCUT2D eigenvalue weighted by Crippen LogP contribution is -2.20. The molecular formula is C15H23NO. The summed E-state index contributed by atoms with van der Waals surface area (Å²) in [5.41, 5.74) is 2.55. The van der Waals surface area contributed by atoms with Crippen molar-refractivity contribution in [1.29, 1.82) is 0 Å². The van der Waals surface area contributed by atoms with Crippen molar-refractivity contribution < 1.29 is 4.74 Å². The van der Waals surface area contributed by atoms with Gasteiger partial charge in [-0.05, 0) is 44.0 Å². The first-order valence-corrected chi connectivity index (χ1v) is 6.19. The fourth-order valence-electron chi connectivity index (χ4n) is 1.86. The van der Waals surface area contributed by atoms with E-state index in [9.17, 15) is 0 Å². The molecule has 0 aliphatic rings. The van der Waals surface area contributed by atoms with Gasteiger partial charge in [-0.25, -0.2) is 0 Å². The molecule has 1 N–H and O–H groups in total. The van der Waals surface area contributed by atoms with E-state index in [-0.39, 0.29) is 0 Å². The van der Waals surface area contributed by atoms with Gasteiger partial charge in [0.1, 0.15) is 5.75 Å². The van der Waals surface area contributed by atoms with E-state index in [1.165, 1.54) is 11.1 Å². The molecule has 1 rings (SSSR count). The van der Waals surface area contributed by atoms with Gasteiger partial charge in [0.05, 0.1) is 7.11 Å². The van der Waals surface area contributed by atoms with Crippen molar-refractivity contribution >= 4 is 0 Å². The average Bonchev–Trinajstić information content (AvgIpc) is 2.34. The summed E-state index contributed by atoms with van der Waals surface area (Å²) < 4.78 is 5.17. The van der Waals surface area contributed by atoms with Crippen LogP contribution in [0.5, 0.6) is 5.75 Å². The van der Waals surface area contributed by atoms with Crippen molar-refractivity contribution in [1.82, 2.24) is 5.32 Å². The predicted octanol–water partition coefficient (Wildman–Crippen LogP) is 3.70. The number of methoxy groups -OCH3 is 1. The second kappa shape index (κ2) is 7.13. The molecule has 0 heterocycles. The van der Waals surface area contributed by atoms with Crippen molar-refractivity contribution in [3.8, 4) is 5.75 Å². The maximum Gasteiger partial charge on any atom is 0.118 e. The van der Waals surface area contributed by atoms with E-state index in [1.54, 1.807) is 7.11 Å². The van der Waals surface area contributed by atoms with Crippen LogP contribution in [0, 0.1) is 0 Å². The highest BCUT2D eigenvalue weighted by molar-refractivity contribution is 5.29. The zero-order valence-corrected chi connectivity index (χ0v) is 11.1. The molecule has 1 atom stereocenters. The molecule has 17 heavy (non-hydrogen) atoms. The highest BCUT2D eigenvalue weighted by Crippen LogP contribution is 2.22. The van der Waals surface area contributed by atoms with Gasteiger partial charge in [0, 0.05) is 6.04 Å². The summed E-state index contributed by atoms with van der Waals surface area (Å²) in [5.74, 6) is 0.906. The Morgan fingerprint density at radius 2 is 2.00 bits per heavy atom. The third-order valence-corrected chi connectivity index (χ3v) is 2.83. The van der Waals surface area contributed by atoms with Gasteiger partial charge in [-0.2, -0.15) is 0 Å². The summed E-state index contributed by atoms with van der Waals surface area (Å²) in [6.45, 7) is 9.16. The maximum atomic E-state index is 5.17. The fourth-order valence-corrected chi connectivity index (χ4v) is 1.86. The van der Waals surface area contributed by atoms with E-state index in [0.717, 1.165) is 25.1 Å². The number of nitrogens with one attached hydrogen (secondary N) is 1. The van der Waals surface area contributed by atoms with Crippen LogP contribution in [0.15, 0.2) is 36.4 Å². The Hall–Kier alpha value is -1.28. The number of benzene rings is 1. The predicted molar refractivity (Wildman–Crippen MR) is 73.5 cm³/mol. The van der Waals surface area contributed by atoms with Crippen molar-refractivity contribution in [3.63, 3.8) is 0 Å². The molecule has 0 aromatic heterocycles. The van der Waals surface area contributed by atoms with Crippen LogP contribution in [0.2, 0.25) is 0 Å². The molecule has 1 aromatic carbocycles. The van der Waals surface area contributed by atoms with Gasteiger partial charge in [-0.15, -0.1) is 6.58 Å². The molecule has 0 fully saturated rings. The SMILES string of the molecule is C=C(C)CCC(NCC)c1ccc(OC)cc1. The smallest absolute Gasteiger partial charge is 0.118 e. The molecule has 0 aliphatic carbocycles. The molecule has 0 spiro atoms. The summed E-state index contributed by atoms with van der Waals surface area (Å²) in [6, 6.07) is 8.69. The Kier molecular flexibility index (Phi) is 5.78. The van der Waals surface area contributed by atoms with Crippen LogP contribution in [0.25, 0.3) is 0 Å². The third kappa shape index (κ3) is 4.61. The first-order chi connectivity index (χ1) is 8.17. The third-order valence-electron chi connectivity index (χ3n) is 2.83. The molecule has 2 heteroatoms. The van der Waals surface area contributed by atoms with Crippen LogP contribution in [0.4, 0.5) is 0 Å². The molecule has 1 aromatic rings. The summed E-state index contributed by atoms with van der Waals surface area (Å²) >= 11 is 0. The van der Waals surface area contributed by atoms with Gasteiger partial charge in [-0.1, -0.05) is 24.6 Å². The molecule has 2 nitrogen and oxygen atoms in total. The zero-order valence-electron chi connectivity index (χ0n) is 11.1. The second-order valence-electron chi connectivity index (χ2n) is 4.38. The Balaban J connectivity index is 2.70. The van der Waals surface area contributed by atoms with E-state index in [2.05, 4.69) is 37.9 Å². The lowest BCUT2D eigenvalue weighted by atomic mass is 10.00. The maximum absolute atomic E-state index is 5.17. The van der Waals surface area contributed by atoms with Gasteiger partial charge in [0.15, 0.2) is 0 Å². The first-order valence-electron chi connectivity index (χ1n) is 6.19. The quantitative estimate of drug-likeness (QED) is 0.725. The van der Waals surface area contributed by atoms with Gasteiger partial charge < -0.3 is 10.1 Å². The van der Waals surface area contributed by atoms with Gasteiger partial charge >= 0.3 is 0 Å². The van der Waals surface area contributed by atoms with Crippen LogP contribution in [0.3, 0.4) is 0 Å². The zero-order chi connectivity index (χ0) is 12.7. The van der Waals surface area contributed by atoms with Crippen molar-refractivity contribution in [2.24, 2.45) is 0 Å².